The predicted octanol–water partition coefficient (Wildman–Crippen LogP) is 1.34. The molecule has 1 atom stereocenters. The lowest BCUT2D eigenvalue weighted by molar-refractivity contribution is -0.146. The second kappa shape index (κ2) is 9.93. The van der Waals surface area contributed by atoms with Crippen molar-refractivity contribution in [3.05, 3.63) is 0 Å². The molecule has 0 aromatic rings. The summed E-state index contributed by atoms with van der Waals surface area (Å²) < 4.78 is 10.3. The van der Waals surface area contributed by atoms with Crippen molar-refractivity contribution in [2.75, 3.05) is 26.9 Å². The van der Waals surface area contributed by atoms with Crippen LogP contribution in [0.5, 0.6) is 0 Å². The van der Waals surface area contributed by atoms with E-state index in [4.69, 9.17) is 9.47 Å². The van der Waals surface area contributed by atoms with Gasteiger partial charge < -0.3 is 14.8 Å². The molecule has 4 heteroatoms. The van der Waals surface area contributed by atoms with Crippen molar-refractivity contribution in [3.63, 3.8) is 0 Å². The van der Waals surface area contributed by atoms with E-state index in [2.05, 4.69) is 12.2 Å². The first-order valence-electron chi connectivity index (χ1n) is 5.67. The number of hydrogen-bond acceptors (Lipinski definition) is 4. The lowest BCUT2D eigenvalue weighted by Crippen LogP contribution is -2.36. The molecule has 0 amide bonds. The van der Waals surface area contributed by atoms with E-state index in [-0.39, 0.29) is 12.0 Å². The fourth-order valence-corrected chi connectivity index (χ4v) is 1.17. The van der Waals surface area contributed by atoms with Gasteiger partial charge >= 0.3 is 5.97 Å². The summed E-state index contributed by atoms with van der Waals surface area (Å²) >= 11 is 0. The van der Waals surface area contributed by atoms with Gasteiger partial charge in [-0.05, 0) is 26.8 Å². The van der Waals surface area contributed by atoms with Gasteiger partial charge in [-0.1, -0.05) is 13.3 Å². The van der Waals surface area contributed by atoms with Crippen molar-refractivity contribution in [2.24, 2.45) is 0 Å². The van der Waals surface area contributed by atoms with Gasteiger partial charge in [-0.3, -0.25) is 4.79 Å². The van der Waals surface area contributed by atoms with Crippen LogP contribution in [0.4, 0.5) is 0 Å². The van der Waals surface area contributed by atoms with Gasteiger partial charge in [-0.15, -0.1) is 0 Å². The van der Waals surface area contributed by atoms with Crippen LogP contribution in [-0.4, -0.2) is 38.9 Å². The van der Waals surface area contributed by atoms with Gasteiger partial charge in [0.25, 0.3) is 0 Å². The molecule has 0 bridgehead atoms. The molecule has 0 saturated heterocycles. The molecule has 0 aromatic heterocycles. The first kappa shape index (κ1) is 14.4. The lowest BCUT2D eigenvalue weighted by Gasteiger charge is -2.14. The molecule has 90 valence electrons. The summed E-state index contributed by atoms with van der Waals surface area (Å²) in [5, 5.41) is 2.92. The van der Waals surface area contributed by atoms with Crippen LogP contribution < -0.4 is 5.32 Å². The molecular formula is C11H23NO3. The molecule has 0 heterocycles. The summed E-state index contributed by atoms with van der Waals surface area (Å²) in [4.78, 5) is 11.4. The second-order valence-corrected chi connectivity index (χ2v) is 3.35. The van der Waals surface area contributed by atoms with Crippen LogP contribution in [0, 0.1) is 0 Å². The highest BCUT2D eigenvalue weighted by Gasteiger charge is 2.16. The topological polar surface area (TPSA) is 47.6 Å². The van der Waals surface area contributed by atoms with Crippen LogP contribution in [0.3, 0.4) is 0 Å². The molecule has 0 fully saturated rings. The SMILES string of the molecule is CCCCOCCC(NC)C(=O)OCC. The third-order valence-electron chi connectivity index (χ3n) is 2.11. The highest BCUT2D eigenvalue weighted by Crippen LogP contribution is 1.97. The van der Waals surface area contributed by atoms with Crippen molar-refractivity contribution >= 4 is 5.97 Å². The standard InChI is InChI=1S/C11H23NO3/c1-4-6-8-14-9-7-10(12-3)11(13)15-5-2/h10,12H,4-9H2,1-3H3. The summed E-state index contributed by atoms with van der Waals surface area (Å²) in [6.45, 7) is 5.73. The molecule has 0 aliphatic carbocycles. The van der Waals surface area contributed by atoms with E-state index >= 15 is 0 Å². The summed E-state index contributed by atoms with van der Waals surface area (Å²) in [7, 11) is 1.76. The smallest absolute Gasteiger partial charge is 0.323 e. The van der Waals surface area contributed by atoms with E-state index in [0.717, 1.165) is 19.4 Å². The average molecular weight is 217 g/mol. The van der Waals surface area contributed by atoms with Gasteiger partial charge in [-0.2, -0.15) is 0 Å². The van der Waals surface area contributed by atoms with Crippen molar-refractivity contribution in [3.8, 4) is 0 Å². The second-order valence-electron chi connectivity index (χ2n) is 3.35. The molecule has 1 N–H and O–H groups in total. The molecule has 1 unspecified atom stereocenters. The average Bonchev–Trinajstić information content (AvgIpc) is 2.23. The van der Waals surface area contributed by atoms with Gasteiger partial charge in [-0.25, -0.2) is 0 Å². The highest BCUT2D eigenvalue weighted by atomic mass is 16.5. The van der Waals surface area contributed by atoms with Gasteiger partial charge in [0.1, 0.15) is 6.04 Å². The number of unbranched alkanes of at least 4 members (excludes halogenated alkanes) is 1. The van der Waals surface area contributed by atoms with Gasteiger partial charge in [0.05, 0.1) is 6.61 Å². The zero-order valence-corrected chi connectivity index (χ0v) is 10.0. The zero-order chi connectivity index (χ0) is 11.5. The van der Waals surface area contributed by atoms with Crippen LogP contribution in [0.2, 0.25) is 0 Å². The van der Waals surface area contributed by atoms with E-state index in [1.807, 2.05) is 6.92 Å². The van der Waals surface area contributed by atoms with E-state index in [1.54, 1.807) is 7.05 Å². The number of carbonyl (C=O) groups excluding carboxylic acids is 1. The molecule has 4 nitrogen and oxygen atoms in total. The Morgan fingerprint density at radius 3 is 2.60 bits per heavy atom. The van der Waals surface area contributed by atoms with Gasteiger partial charge in [0.2, 0.25) is 0 Å². The largest absolute Gasteiger partial charge is 0.465 e. The minimum atomic E-state index is -0.244. The minimum absolute atomic E-state index is 0.195. The summed E-state index contributed by atoms with van der Waals surface area (Å²) in [6, 6.07) is -0.244. The van der Waals surface area contributed by atoms with Crippen molar-refractivity contribution in [1.29, 1.82) is 0 Å². The molecular weight excluding hydrogens is 194 g/mol. The Labute approximate surface area is 92.3 Å². The fraction of sp³-hybridized carbons (Fsp3) is 0.909. The number of nitrogens with one attached hydrogen (secondary N) is 1. The normalized spacial score (nSPS) is 12.5. The number of esters is 1. The van der Waals surface area contributed by atoms with Crippen LogP contribution >= 0.6 is 0 Å². The molecule has 0 spiro atoms. The number of rotatable bonds is 9. The van der Waals surface area contributed by atoms with E-state index < -0.39 is 0 Å². The molecule has 0 rings (SSSR count). The Kier molecular flexibility index (Phi) is 9.52. The third-order valence-corrected chi connectivity index (χ3v) is 2.11. The third kappa shape index (κ3) is 7.33. The number of likely N-dealkylation sites (N-methyl/N-ethyl adjacent to an activating group) is 1. The van der Waals surface area contributed by atoms with Crippen molar-refractivity contribution < 1.29 is 14.3 Å². The zero-order valence-electron chi connectivity index (χ0n) is 10.0. The number of ether oxygens (including phenoxy) is 2. The van der Waals surface area contributed by atoms with Crippen LogP contribution in [0.25, 0.3) is 0 Å². The van der Waals surface area contributed by atoms with E-state index in [1.165, 1.54) is 0 Å². The fourth-order valence-electron chi connectivity index (χ4n) is 1.17. The van der Waals surface area contributed by atoms with E-state index in [0.29, 0.717) is 19.6 Å². The molecule has 0 aliphatic heterocycles. The minimum Gasteiger partial charge on any atom is -0.465 e. The molecule has 15 heavy (non-hydrogen) atoms. The Balaban J connectivity index is 3.56. The maximum Gasteiger partial charge on any atom is 0.323 e. The number of hydrogen-bond donors (Lipinski definition) is 1. The van der Waals surface area contributed by atoms with E-state index in [9.17, 15) is 4.79 Å². The molecule has 0 saturated carbocycles. The Hall–Kier alpha value is -0.610. The molecule has 0 aliphatic rings. The van der Waals surface area contributed by atoms with Crippen molar-refractivity contribution in [2.45, 2.75) is 39.2 Å². The van der Waals surface area contributed by atoms with Gasteiger partial charge in [0.15, 0.2) is 0 Å². The first-order chi connectivity index (χ1) is 7.26. The Bertz CT molecular complexity index is 162. The summed E-state index contributed by atoms with van der Waals surface area (Å²) in [6.07, 6.45) is 2.87. The number of carbonyl (C=O) groups is 1. The highest BCUT2D eigenvalue weighted by molar-refractivity contribution is 5.75. The van der Waals surface area contributed by atoms with Crippen molar-refractivity contribution in [1.82, 2.24) is 5.32 Å². The van der Waals surface area contributed by atoms with Crippen LogP contribution in [0.15, 0.2) is 0 Å². The van der Waals surface area contributed by atoms with Gasteiger partial charge in [0, 0.05) is 13.2 Å². The molecule has 0 radical (unpaired) electrons. The summed E-state index contributed by atoms with van der Waals surface area (Å²) in [5.41, 5.74) is 0. The lowest BCUT2D eigenvalue weighted by atomic mass is 10.2. The predicted molar refractivity (Wildman–Crippen MR) is 59.8 cm³/mol. The van der Waals surface area contributed by atoms with Crippen LogP contribution in [-0.2, 0) is 14.3 Å². The Morgan fingerprint density at radius 2 is 2.07 bits per heavy atom. The van der Waals surface area contributed by atoms with Crippen LogP contribution in [0.1, 0.15) is 33.1 Å². The maximum atomic E-state index is 11.4. The maximum absolute atomic E-state index is 11.4. The summed E-state index contributed by atoms with van der Waals surface area (Å²) in [5.74, 6) is -0.195. The first-order valence-corrected chi connectivity index (χ1v) is 5.67. The molecule has 0 aromatic carbocycles. The quantitative estimate of drug-likeness (QED) is 0.468. The Morgan fingerprint density at radius 1 is 1.33 bits per heavy atom. The monoisotopic (exact) mass is 217 g/mol.